The zero-order valence-corrected chi connectivity index (χ0v) is 22.8. The number of nitrogens with one attached hydrogen (secondary N) is 2. The molecule has 1 aliphatic carbocycles. The van der Waals surface area contributed by atoms with Gasteiger partial charge in [0.05, 0.1) is 12.9 Å². The number of carbonyl (C=O) groups excluding carboxylic acids is 1. The van der Waals surface area contributed by atoms with E-state index in [1.807, 2.05) is 19.1 Å². The number of rotatable bonds is 9. The number of aliphatic imine (C=N–C) groups is 1. The van der Waals surface area contributed by atoms with Gasteiger partial charge in [0.15, 0.2) is 5.96 Å². The number of guanidine groups is 1. The number of likely N-dealkylation sites (tertiary alicyclic amines) is 1. The predicted octanol–water partition coefficient (Wildman–Crippen LogP) is 3.72. The van der Waals surface area contributed by atoms with E-state index in [-0.39, 0.29) is 35.5 Å². The molecule has 1 aromatic heterocycles. The fraction of sp³-hybridized carbons (Fsp3) is 0.750. The van der Waals surface area contributed by atoms with Crippen LogP contribution in [-0.2, 0) is 11.2 Å². The Kier molecular flexibility index (Phi) is 11.8. The maximum absolute atomic E-state index is 12.0. The molecule has 9 heteroatoms. The molecule has 0 unspecified atom stereocenters. The van der Waals surface area contributed by atoms with Crippen molar-refractivity contribution in [3.8, 4) is 0 Å². The van der Waals surface area contributed by atoms with Gasteiger partial charge < -0.3 is 29.6 Å². The Morgan fingerprint density at radius 2 is 2.03 bits per heavy atom. The molecule has 188 valence electrons. The van der Waals surface area contributed by atoms with Crippen LogP contribution in [0.4, 0.5) is 4.79 Å². The number of halogens is 1. The van der Waals surface area contributed by atoms with Crippen LogP contribution >= 0.6 is 24.0 Å². The lowest BCUT2D eigenvalue weighted by Crippen LogP contribution is -2.50. The van der Waals surface area contributed by atoms with Crippen LogP contribution in [0.5, 0.6) is 0 Å². The highest BCUT2D eigenvalue weighted by atomic mass is 127. The molecule has 1 aromatic rings. The first-order chi connectivity index (χ1) is 15.5. The maximum Gasteiger partial charge on any atom is 0.409 e. The Balaban J connectivity index is 0.00000385. The highest BCUT2D eigenvalue weighted by molar-refractivity contribution is 14.0. The lowest BCUT2D eigenvalue weighted by molar-refractivity contribution is 0.0963. The van der Waals surface area contributed by atoms with E-state index in [1.54, 1.807) is 11.2 Å². The first-order valence-corrected chi connectivity index (χ1v) is 12.1. The zero-order valence-electron chi connectivity index (χ0n) is 20.5. The number of nitrogens with zero attached hydrogens (tertiary/aromatic N) is 3. The first-order valence-electron chi connectivity index (χ1n) is 12.1. The van der Waals surface area contributed by atoms with Crippen molar-refractivity contribution in [1.82, 2.24) is 20.4 Å². The van der Waals surface area contributed by atoms with Gasteiger partial charge in [0.25, 0.3) is 0 Å². The Labute approximate surface area is 215 Å². The molecule has 0 aromatic carbocycles. The van der Waals surface area contributed by atoms with E-state index in [0.717, 1.165) is 50.6 Å². The summed E-state index contributed by atoms with van der Waals surface area (Å²) in [6.45, 7) is 6.36. The Hall–Kier alpha value is -1.49. The molecule has 0 bridgehead atoms. The summed E-state index contributed by atoms with van der Waals surface area (Å²) < 4.78 is 10.6. The molecule has 1 saturated heterocycles. The quantitative estimate of drug-likeness (QED) is 0.266. The average Bonchev–Trinajstić information content (AvgIpc) is 3.45. The number of carbonyl (C=O) groups is 1. The van der Waals surface area contributed by atoms with Crippen molar-refractivity contribution in [2.24, 2.45) is 10.4 Å². The van der Waals surface area contributed by atoms with Gasteiger partial charge in [0.2, 0.25) is 0 Å². The van der Waals surface area contributed by atoms with E-state index in [4.69, 9.17) is 14.1 Å². The topological polar surface area (TPSA) is 82.3 Å². The summed E-state index contributed by atoms with van der Waals surface area (Å²) in [5.41, 5.74) is 0.270. The molecule has 0 spiro atoms. The number of ether oxygens (including phenoxy) is 1. The molecule has 33 heavy (non-hydrogen) atoms. The zero-order chi connectivity index (χ0) is 22.8. The smallest absolute Gasteiger partial charge is 0.409 e. The van der Waals surface area contributed by atoms with Gasteiger partial charge >= 0.3 is 6.09 Å². The van der Waals surface area contributed by atoms with Crippen molar-refractivity contribution in [3.63, 3.8) is 0 Å². The van der Waals surface area contributed by atoms with Crippen LogP contribution < -0.4 is 10.6 Å². The molecule has 2 aliphatic rings. The standard InChI is InChI=1S/C24H41N5O3.HI/c1-4-31-23(30)29-15-10-20(11-16-29)27-22(25-14-9-21-8-7-17-32-21)26-18-24(19-28(2)3)12-5-6-13-24;/h7-8,17,20H,4-6,9-16,18-19H2,1-3H3,(H2,25,26,27);1H. The van der Waals surface area contributed by atoms with Gasteiger partial charge in [-0.2, -0.15) is 0 Å². The van der Waals surface area contributed by atoms with Crippen LogP contribution in [0.3, 0.4) is 0 Å². The van der Waals surface area contributed by atoms with E-state index in [1.165, 1.54) is 25.7 Å². The van der Waals surface area contributed by atoms with Gasteiger partial charge in [-0.25, -0.2) is 4.79 Å². The fourth-order valence-electron chi connectivity index (χ4n) is 4.93. The Bertz CT molecular complexity index is 712. The molecule has 0 atom stereocenters. The van der Waals surface area contributed by atoms with Crippen LogP contribution in [-0.4, -0.2) is 81.3 Å². The van der Waals surface area contributed by atoms with Gasteiger partial charge in [-0.3, -0.25) is 4.99 Å². The third kappa shape index (κ3) is 8.99. The second-order valence-corrected chi connectivity index (χ2v) is 9.47. The van der Waals surface area contributed by atoms with E-state index >= 15 is 0 Å². The minimum Gasteiger partial charge on any atom is -0.469 e. The molecule has 2 N–H and O–H groups in total. The van der Waals surface area contributed by atoms with Gasteiger partial charge in [-0.1, -0.05) is 12.8 Å². The van der Waals surface area contributed by atoms with Crippen LogP contribution in [0.25, 0.3) is 0 Å². The summed E-state index contributed by atoms with van der Waals surface area (Å²) in [5, 5.41) is 7.15. The Morgan fingerprint density at radius 3 is 2.64 bits per heavy atom. The first kappa shape index (κ1) is 27.8. The molecule has 2 fully saturated rings. The molecular formula is C24H42IN5O3. The molecular weight excluding hydrogens is 533 g/mol. The summed E-state index contributed by atoms with van der Waals surface area (Å²) in [4.78, 5) is 21.1. The molecule has 8 nitrogen and oxygen atoms in total. The lowest BCUT2D eigenvalue weighted by atomic mass is 9.86. The van der Waals surface area contributed by atoms with Crippen molar-refractivity contribution in [3.05, 3.63) is 24.2 Å². The highest BCUT2D eigenvalue weighted by Crippen LogP contribution is 2.38. The highest BCUT2D eigenvalue weighted by Gasteiger charge is 2.34. The van der Waals surface area contributed by atoms with Crippen molar-refractivity contribution < 1.29 is 13.9 Å². The molecule has 2 heterocycles. The third-order valence-electron chi connectivity index (χ3n) is 6.49. The number of hydrogen-bond donors (Lipinski definition) is 2. The number of amides is 1. The molecule has 1 saturated carbocycles. The van der Waals surface area contributed by atoms with Crippen LogP contribution in [0.1, 0.15) is 51.2 Å². The minimum absolute atomic E-state index is 0. The molecule has 0 radical (unpaired) electrons. The third-order valence-corrected chi connectivity index (χ3v) is 6.49. The predicted molar refractivity (Wildman–Crippen MR) is 142 cm³/mol. The maximum atomic E-state index is 12.0. The summed E-state index contributed by atoms with van der Waals surface area (Å²) >= 11 is 0. The van der Waals surface area contributed by atoms with E-state index in [0.29, 0.717) is 25.7 Å². The van der Waals surface area contributed by atoms with Gasteiger partial charge in [-0.05, 0) is 58.8 Å². The SMILES string of the molecule is CCOC(=O)N1CCC(NC(=NCC2(CN(C)C)CCCC2)NCCc2ccco2)CC1.I. The number of furan rings is 1. The van der Waals surface area contributed by atoms with Crippen molar-refractivity contribution in [1.29, 1.82) is 0 Å². The van der Waals surface area contributed by atoms with Crippen LogP contribution in [0.2, 0.25) is 0 Å². The van der Waals surface area contributed by atoms with Crippen molar-refractivity contribution in [2.45, 2.75) is 57.9 Å². The normalized spacial score (nSPS) is 18.8. The van der Waals surface area contributed by atoms with E-state index < -0.39 is 0 Å². The molecule has 1 amide bonds. The van der Waals surface area contributed by atoms with E-state index in [2.05, 4.69) is 29.6 Å². The molecule has 3 rings (SSSR count). The monoisotopic (exact) mass is 575 g/mol. The number of hydrogen-bond acceptors (Lipinski definition) is 5. The lowest BCUT2D eigenvalue weighted by Gasteiger charge is -2.33. The van der Waals surface area contributed by atoms with E-state index in [9.17, 15) is 4.79 Å². The summed E-state index contributed by atoms with van der Waals surface area (Å²) in [7, 11) is 4.31. The Morgan fingerprint density at radius 1 is 1.30 bits per heavy atom. The average molecular weight is 576 g/mol. The fourth-order valence-corrected chi connectivity index (χ4v) is 4.93. The molecule has 1 aliphatic heterocycles. The van der Waals surface area contributed by atoms with Gasteiger partial charge in [-0.15, -0.1) is 24.0 Å². The number of piperidine rings is 1. The van der Waals surface area contributed by atoms with Crippen molar-refractivity contribution in [2.75, 3.05) is 53.4 Å². The van der Waals surface area contributed by atoms with Crippen molar-refractivity contribution >= 4 is 36.0 Å². The second kappa shape index (κ2) is 14.0. The van der Waals surface area contributed by atoms with Gasteiger partial charge in [0.1, 0.15) is 5.76 Å². The van der Waals surface area contributed by atoms with Crippen LogP contribution in [0, 0.1) is 5.41 Å². The summed E-state index contributed by atoms with van der Waals surface area (Å²) in [5.74, 6) is 1.84. The largest absolute Gasteiger partial charge is 0.469 e. The minimum atomic E-state index is -0.205. The summed E-state index contributed by atoms with van der Waals surface area (Å²) in [6.07, 6.45) is 9.18. The van der Waals surface area contributed by atoms with Gasteiger partial charge in [0, 0.05) is 50.6 Å². The van der Waals surface area contributed by atoms with Crippen LogP contribution in [0.15, 0.2) is 27.8 Å². The summed E-state index contributed by atoms with van der Waals surface area (Å²) in [6, 6.07) is 4.22. The second-order valence-electron chi connectivity index (χ2n) is 9.47.